The second-order valence-electron chi connectivity index (χ2n) is 5.48. The van der Waals surface area contributed by atoms with Crippen molar-refractivity contribution in [3.05, 3.63) is 24.3 Å². The summed E-state index contributed by atoms with van der Waals surface area (Å²) in [6.45, 7) is 5.16. The number of benzene rings is 1. The third kappa shape index (κ3) is 6.17. The first-order valence-electron chi connectivity index (χ1n) is 7.78. The van der Waals surface area contributed by atoms with Crippen molar-refractivity contribution in [1.82, 2.24) is 0 Å². The van der Waals surface area contributed by atoms with Crippen molar-refractivity contribution < 1.29 is 9.53 Å². The van der Waals surface area contributed by atoms with Gasteiger partial charge in [0.2, 0.25) is 0 Å². The van der Waals surface area contributed by atoms with E-state index in [-0.39, 0.29) is 12.5 Å². The molecule has 2 N–H and O–H groups in total. The largest absolute Gasteiger partial charge is 0.399 e. The molecular formula is C17H28N2O2. The van der Waals surface area contributed by atoms with Crippen molar-refractivity contribution in [2.75, 3.05) is 30.9 Å². The summed E-state index contributed by atoms with van der Waals surface area (Å²) in [4.78, 5) is 13.7. The molecule has 1 aromatic rings. The van der Waals surface area contributed by atoms with Gasteiger partial charge in [0, 0.05) is 18.4 Å². The van der Waals surface area contributed by atoms with Crippen molar-refractivity contribution in [2.45, 2.75) is 39.5 Å². The molecule has 0 aliphatic carbocycles. The van der Waals surface area contributed by atoms with E-state index in [2.05, 4.69) is 13.8 Å². The standard InChI is InChI=1S/C17H28N2O2/c1-4-6-7-14(5-2)12-21-13-17(20)19(3)16-10-8-15(18)9-11-16/h8-11,14H,4-7,12-13,18H2,1-3H3. The van der Waals surface area contributed by atoms with E-state index in [0.29, 0.717) is 18.2 Å². The van der Waals surface area contributed by atoms with Gasteiger partial charge in [0.15, 0.2) is 0 Å². The molecule has 1 rings (SSSR count). The van der Waals surface area contributed by atoms with Crippen LogP contribution in [0.5, 0.6) is 0 Å². The summed E-state index contributed by atoms with van der Waals surface area (Å²) >= 11 is 0. The van der Waals surface area contributed by atoms with Crippen LogP contribution in [0.1, 0.15) is 39.5 Å². The molecule has 0 fully saturated rings. The van der Waals surface area contributed by atoms with Crippen LogP contribution in [-0.2, 0) is 9.53 Å². The van der Waals surface area contributed by atoms with Crippen LogP contribution in [0.2, 0.25) is 0 Å². The Kier molecular flexibility index (Phi) is 7.83. The fourth-order valence-corrected chi connectivity index (χ4v) is 2.15. The molecule has 0 aliphatic rings. The van der Waals surface area contributed by atoms with E-state index >= 15 is 0 Å². The van der Waals surface area contributed by atoms with Gasteiger partial charge in [-0.05, 0) is 36.6 Å². The molecule has 1 unspecified atom stereocenters. The minimum Gasteiger partial charge on any atom is -0.399 e. The van der Waals surface area contributed by atoms with Crippen LogP contribution in [0.15, 0.2) is 24.3 Å². The Morgan fingerprint density at radius 2 is 1.95 bits per heavy atom. The normalized spacial score (nSPS) is 12.1. The smallest absolute Gasteiger partial charge is 0.252 e. The first kappa shape index (κ1) is 17.5. The molecule has 118 valence electrons. The number of nitrogens with zero attached hydrogens (tertiary/aromatic N) is 1. The van der Waals surface area contributed by atoms with Gasteiger partial charge in [0.25, 0.3) is 5.91 Å². The molecule has 1 amide bonds. The maximum absolute atomic E-state index is 12.1. The molecule has 1 atom stereocenters. The minimum absolute atomic E-state index is 0.0369. The number of likely N-dealkylation sites (N-methyl/N-ethyl adjacent to an activating group) is 1. The van der Waals surface area contributed by atoms with Crippen LogP contribution in [-0.4, -0.2) is 26.2 Å². The Morgan fingerprint density at radius 3 is 2.52 bits per heavy atom. The van der Waals surface area contributed by atoms with Gasteiger partial charge in [-0.1, -0.05) is 33.1 Å². The number of ether oxygens (including phenoxy) is 1. The van der Waals surface area contributed by atoms with Gasteiger partial charge < -0.3 is 15.4 Å². The third-order valence-corrected chi connectivity index (χ3v) is 3.78. The van der Waals surface area contributed by atoms with Gasteiger partial charge in [-0.3, -0.25) is 4.79 Å². The van der Waals surface area contributed by atoms with E-state index in [1.165, 1.54) is 19.3 Å². The molecule has 0 aliphatic heterocycles. The van der Waals surface area contributed by atoms with E-state index < -0.39 is 0 Å². The number of amides is 1. The van der Waals surface area contributed by atoms with Crippen molar-refractivity contribution >= 4 is 17.3 Å². The third-order valence-electron chi connectivity index (χ3n) is 3.78. The Bertz CT molecular complexity index is 417. The summed E-state index contributed by atoms with van der Waals surface area (Å²) in [5.74, 6) is 0.518. The molecule has 0 saturated carbocycles. The highest BCUT2D eigenvalue weighted by molar-refractivity contribution is 5.93. The number of carbonyl (C=O) groups excluding carboxylic acids is 1. The molecule has 1 aromatic carbocycles. The average Bonchev–Trinajstić information content (AvgIpc) is 2.50. The average molecular weight is 292 g/mol. The van der Waals surface area contributed by atoms with Gasteiger partial charge in [-0.2, -0.15) is 0 Å². The maximum Gasteiger partial charge on any atom is 0.252 e. The number of unbranched alkanes of at least 4 members (excludes halogenated alkanes) is 1. The molecule has 0 saturated heterocycles. The number of rotatable bonds is 9. The van der Waals surface area contributed by atoms with Crippen LogP contribution in [0.25, 0.3) is 0 Å². The highest BCUT2D eigenvalue weighted by Crippen LogP contribution is 2.16. The molecule has 4 heteroatoms. The molecule has 0 heterocycles. The molecule has 0 bridgehead atoms. The topological polar surface area (TPSA) is 55.6 Å². The van der Waals surface area contributed by atoms with Gasteiger partial charge in [0.05, 0.1) is 6.61 Å². The maximum atomic E-state index is 12.1. The summed E-state index contributed by atoms with van der Waals surface area (Å²) < 4.78 is 5.60. The summed E-state index contributed by atoms with van der Waals surface area (Å²) in [6, 6.07) is 7.25. The summed E-state index contributed by atoms with van der Waals surface area (Å²) in [5.41, 5.74) is 7.17. The predicted molar refractivity (Wildman–Crippen MR) is 88.4 cm³/mol. The number of nitrogen functional groups attached to an aromatic ring is 1. The van der Waals surface area contributed by atoms with Crippen molar-refractivity contribution in [2.24, 2.45) is 5.92 Å². The van der Waals surface area contributed by atoms with E-state index in [4.69, 9.17) is 10.5 Å². The molecular weight excluding hydrogens is 264 g/mol. The number of hydrogen-bond acceptors (Lipinski definition) is 3. The molecule has 4 nitrogen and oxygen atoms in total. The Balaban J connectivity index is 2.37. The van der Waals surface area contributed by atoms with E-state index in [0.717, 1.165) is 12.1 Å². The monoisotopic (exact) mass is 292 g/mol. The zero-order valence-electron chi connectivity index (χ0n) is 13.5. The predicted octanol–water partition coefficient (Wildman–Crippen LogP) is 3.46. The van der Waals surface area contributed by atoms with Gasteiger partial charge in [-0.15, -0.1) is 0 Å². The quantitative estimate of drug-likeness (QED) is 0.709. The molecule has 0 aromatic heterocycles. The van der Waals surface area contributed by atoms with Crippen LogP contribution in [0.3, 0.4) is 0 Å². The highest BCUT2D eigenvalue weighted by Gasteiger charge is 2.12. The molecule has 0 radical (unpaired) electrons. The lowest BCUT2D eigenvalue weighted by atomic mass is 10.0. The second-order valence-corrected chi connectivity index (χ2v) is 5.48. The fourth-order valence-electron chi connectivity index (χ4n) is 2.15. The van der Waals surface area contributed by atoms with Crippen LogP contribution in [0, 0.1) is 5.92 Å². The lowest BCUT2D eigenvalue weighted by molar-refractivity contribution is -0.123. The molecule has 21 heavy (non-hydrogen) atoms. The van der Waals surface area contributed by atoms with Crippen LogP contribution >= 0.6 is 0 Å². The highest BCUT2D eigenvalue weighted by atomic mass is 16.5. The summed E-state index contributed by atoms with van der Waals surface area (Å²) in [7, 11) is 1.76. The summed E-state index contributed by atoms with van der Waals surface area (Å²) in [6.07, 6.45) is 4.70. The van der Waals surface area contributed by atoms with Crippen molar-refractivity contribution in [1.29, 1.82) is 0 Å². The number of carbonyl (C=O) groups is 1. The summed E-state index contributed by atoms with van der Waals surface area (Å²) in [5, 5.41) is 0. The van der Waals surface area contributed by atoms with Crippen LogP contribution in [0.4, 0.5) is 11.4 Å². The van der Waals surface area contributed by atoms with E-state index in [1.54, 1.807) is 24.1 Å². The SMILES string of the molecule is CCCCC(CC)COCC(=O)N(C)c1ccc(N)cc1. The van der Waals surface area contributed by atoms with Crippen molar-refractivity contribution in [3.8, 4) is 0 Å². The number of nitrogens with two attached hydrogens (primary N) is 1. The van der Waals surface area contributed by atoms with Gasteiger partial charge in [-0.25, -0.2) is 0 Å². The van der Waals surface area contributed by atoms with Gasteiger partial charge in [0.1, 0.15) is 6.61 Å². The molecule has 0 spiro atoms. The zero-order chi connectivity index (χ0) is 15.7. The Morgan fingerprint density at radius 1 is 1.29 bits per heavy atom. The minimum atomic E-state index is -0.0369. The van der Waals surface area contributed by atoms with E-state index in [9.17, 15) is 4.79 Å². The first-order chi connectivity index (χ1) is 10.1. The second kappa shape index (κ2) is 9.40. The first-order valence-corrected chi connectivity index (χ1v) is 7.78. The fraction of sp³-hybridized carbons (Fsp3) is 0.588. The zero-order valence-corrected chi connectivity index (χ0v) is 13.5. The number of anilines is 2. The lowest BCUT2D eigenvalue weighted by Crippen LogP contribution is -2.30. The Labute approximate surface area is 128 Å². The van der Waals surface area contributed by atoms with E-state index in [1.807, 2.05) is 12.1 Å². The lowest BCUT2D eigenvalue weighted by Gasteiger charge is -2.19. The number of hydrogen-bond donors (Lipinski definition) is 1. The van der Waals surface area contributed by atoms with Crippen LogP contribution < -0.4 is 10.6 Å². The Hall–Kier alpha value is -1.55. The van der Waals surface area contributed by atoms with Gasteiger partial charge >= 0.3 is 0 Å². The van der Waals surface area contributed by atoms with Crippen molar-refractivity contribution in [3.63, 3.8) is 0 Å².